The molecule has 0 atom stereocenters. The molecule has 0 heterocycles. The van der Waals surface area contributed by atoms with Crippen molar-refractivity contribution < 1.29 is 19.7 Å². The topological polar surface area (TPSA) is 66.8 Å². The van der Waals surface area contributed by atoms with Crippen LogP contribution in [0.1, 0.15) is 10.4 Å². The summed E-state index contributed by atoms with van der Waals surface area (Å²) in [4.78, 5) is 12.3. The van der Waals surface area contributed by atoms with E-state index in [1.807, 2.05) is 6.07 Å². The van der Waals surface area contributed by atoms with Crippen molar-refractivity contribution in [3.63, 3.8) is 0 Å². The lowest BCUT2D eigenvalue weighted by atomic mass is 10.0. The van der Waals surface area contributed by atoms with Gasteiger partial charge >= 0.3 is 5.97 Å². The van der Waals surface area contributed by atoms with Crippen LogP contribution in [0.2, 0.25) is 0 Å². The minimum atomic E-state index is -0.517. The van der Waals surface area contributed by atoms with Crippen LogP contribution < -0.4 is 4.74 Å². The minimum Gasteiger partial charge on any atom is -0.504 e. The number of aromatic hydroxyl groups is 2. The van der Waals surface area contributed by atoms with Gasteiger partial charge in [-0.2, -0.15) is 0 Å². The third-order valence-corrected chi connectivity index (χ3v) is 3.19. The van der Waals surface area contributed by atoms with Crippen LogP contribution >= 0.6 is 0 Å². The van der Waals surface area contributed by atoms with Gasteiger partial charge in [-0.15, -0.1) is 0 Å². The lowest BCUT2D eigenvalue weighted by molar-refractivity contribution is 0.0737. The van der Waals surface area contributed by atoms with Gasteiger partial charge in [0.1, 0.15) is 5.75 Å². The highest BCUT2D eigenvalue weighted by Crippen LogP contribution is 2.35. The maximum Gasteiger partial charge on any atom is 0.344 e. The smallest absolute Gasteiger partial charge is 0.344 e. The van der Waals surface area contributed by atoms with Gasteiger partial charge in [0, 0.05) is 10.8 Å². The van der Waals surface area contributed by atoms with E-state index in [1.54, 1.807) is 48.5 Å². The van der Waals surface area contributed by atoms with Gasteiger partial charge in [0.05, 0.1) is 5.56 Å². The van der Waals surface area contributed by atoms with Crippen molar-refractivity contribution >= 4 is 16.7 Å². The Balaban J connectivity index is 2.05. The molecular formula is C17H12O4. The third-order valence-electron chi connectivity index (χ3n) is 3.19. The summed E-state index contributed by atoms with van der Waals surface area (Å²) >= 11 is 0. The molecule has 0 spiro atoms. The van der Waals surface area contributed by atoms with E-state index in [9.17, 15) is 15.0 Å². The first-order valence-corrected chi connectivity index (χ1v) is 6.37. The van der Waals surface area contributed by atoms with E-state index in [1.165, 1.54) is 6.07 Å². The molecule has 0 fully saturated rings. The molecule has 4 heteroatoms. The normalized spacial score (nSPS) is 10.5. The Morgan fingerprint density at radius 1 is 0.810 bits per heavy atom. The molecule has 0 saturated heterocycles. The van der Waals surface area contributed by atoms with E-state index in [0.29, 0.717) is 22.1 Å². The van der Waals surface area contributed by atoms with Crippen LogP contribution in [0.25, 0.3) is 10.8 Å². The predicted molar refractivity (Wildman–Crippen MR) is 78.7 cm³/mol. The fraction of sp³-hybridized carbons (Fsp3) is 0. The Morgan fingerprint density at radius 2 is 1.57 bits per heavy atom. The van der Waals surface area contributed by atoms with Crippen LogP contribution in [0, 0.1) is 0 Å². The van der Waals surface area contributed by atoms with Gasteiger partial charge in [-0.3, -0.25) is 0 Å². The molecule has 21 heavy (non-hydrogen) atoms. The average molecular weight is 280 g/mol. The molecule has 0 unspecified atom stereocenters. The van der Waals surface area contributed by atoms with Crippen molar-refractivity contribution in [2.45, 2.75) is 0 Å². The Labute approximate surface area is 120 Å². The Kier molecular flexibility index (Phi) is 3.20. The van der Waals surface area contributed by atoms with Gasteiger partial charge in [0.25, 0.3) is 0 Å². The number of hydrogen-bond acceptors (Lipinski definition) is 4. The number of carbonyl (C=O) groups excluding carboxylic acids is 1. The van der Waals surface area contributed by atoms with Gasteiger partial charge in [-0.05, 0) is 30.3 Å². The summed E-state index contributed by atoms with van der Waals surface area (Å²) in [6.45, 7) is 0. The number of phenols is 2. The molecule has 0 aliphatic rings. The molecule has 0 aliphatic heterocycles. The van der Waals surface area contributed by atoms with E-state index in [2.05, 4.69) is 0 Å². The second kappa shape index (κ2) is 5.17. The van der Waals surface area contributed by atoms with Crippen LogP contribution in [0.4, 0.5) is 0 Å². The van der Waals surface area contributed by atoms with E-state index in [0.717, 1.165) is 0 Å². The largest absolute Gasteiger partial charge is 0.504 e. The summed E-state index contributed by atoms with van der Waals surface area (Å²) in [5.41, 5.74) is 0.326. The van der Waals surface area contributed by atoms with Gasteiger partial charge in [-0.25, -0.2) is 4.79 Å². The predicted octanol–water partition coefficient (Wildman–Crippen LogP) is 3.47. The molecule has 0 amide bonds. The van der Waals surface area contributed by atoms with Gasteiger partial charge in [0.15, 0.2) is 11.5 Å². The van der Waals surface area contributed by atoms with E-state index >= 15 is 0 Å². The molecule has 0 radical (unpaired) electrons. The molecule has 0 aliphatic carbocycles. The Morgan fingerprint density at radius 3 is 2.33 bits per heavy atom. The summed E-state index contributed by atoms with van der Waals surface area (Å²) < 4.78 is 5.30. The fourth-order valence-corrected chi connectivity index (χ4v) is 2.16. The number of hydrogen-bond donors (Lipinski definition) is 2. The van der Waals surface area contributed by atoms with Crippen molar-refractivity contribution in [2.75, 3.05) is 0 Å². The van der Waals surface area contributed by atoms with Crippen molar-refractivity contribution in [2.24, 2.45) is 0 Å². The molecular weight excluding hydrogens is 268 g/mol. The number of ether oxygens (including phenoxy) is 1. The first kappa shape index (κ1) is 13.0. The van der Waals surface area contributed by atoms with Gasteiger partial charge in [-0.1, -0.05) is 30.3 Å². The van der Waals surface area contributed by atoms with Crippen LogP contribution in [-0.2, 0) is 0 Å². The van der Waals surface area contributed by atoms with Crippen molar-refractivity contribution in [3.8, 4) is 17.2 Å². The van der Waals surface area contributed by atoms with E-state index in [4.69, 9.17) is 4.74 Å². The van der Waals surface area contributed by atoms with Gasteiger partial charge in [0.2, 0.25) is 0 Å². The molecule has 2 N–H and O–H groups in total. The number of para-hydroxylation sites is 1. The van der Waals surface area contributed by atoms with Crippen LogP contribution in [0.15, 0.2) is 60.7 Å². The van der Waals surface area contributed by atoms with Gasteiger partial charge < -0.3 is 14.9 Å². The highest BCUT2D eigenvalue weighted by atomic mass is 16.5. The Bertz CT molecular complexity index is 810. The molecule has 0 saturated carbocycles. The number of benzene rings is 3. The summed E-state index contributed by atoms with van der Waals surface area (Å²) in [5, 5.41) is 20.3. The summed E-state index contributed by atoms with van der Waals surface area (Å²) in [7, 11) is 0. The minimum absolute atomic E-state index is 0.226. The summed E-state index contributed by atoms with van der Waals surface area (Å²) in [6.07, 6.45) is 0. The SMILES string of the molecule is O=C(Oc1ccccc1)c1cccc2c(O)c(O)ccc12. The third kappa shape index (κ3) is 2.39. The zero-order valence-electron chi connectivity index (χ0n) is 11.0. The summed E-state index contributed by atoms with van der Waals surface area (Å²) in [5.74, 6) is -0.544. The van der Waals surface area contributed by atoms with Crippen LogP contribution in [0.3, 0.4) is 0 Å². The van der Waals surface area contributed by atoms with Crippen molar-refractivity contribution in [3.05, 3.63) is 66.2 Å². The second-order valence-corrected chi connectivity index (χ2v) is 4.54. The molecule has 3 aromatic rings. The maximum absolute atomic E-state index is 12.3. The maximum atomic E-state index is 12.3. The molecule has 3 aromatic carbocycles. The highest BCUT2D eigenvalue weighted by molar-refractivity contribution is 6.07. The number of esters is 1. The zero-order chi connectivity index (χ0) is 14.8. The first-order valence-electron chi connectivity index (χ1n) is 6.37. The highest BCUT2D eigenvalue weighted by Gasteiger charge is 2.15. The zero-order valence-corrected chi connectivity index (χ0v) is 11.0. The van der Waals surface area contributed by atoms with E-state index in [-0.39, 0.29) is 11.5 Å². The molecule has 3 rings (SSSR count). The Hall–Kier alpha value is -3.01. The number of fused-ring (bicyclic) bond motifs is 1. The average Bonchev–Trinajstić information content (AvgIpc) is 2.51. The lowest BCUT2D eigenvalue weighted by Gasteiger charge is -2.09. The molecule has 104 valence electrons. The quantitative estimate of drug-likeness (QED) is 0.428. The second-order valence-electron chi connectivity index (χ2n) is 4.54. The number of carbonyl (C=O) groups is 1. The van der Waals surface area contributed by atoms with Crippen LogP contribution in [-0.4, -0.2) is 16.2 Å². The molecule has 0 bridgehead atoms. The molecule has 0 aromatic heterocycles. The first-order chi connectivity index (χ1) is 10.2. The monoisotopic (exact) mass is 280 g/mol. The van der Waals surface area contributed by atoms with Crippen molar-refractivity contribution in [1.29, 1.82) is 0 Å². The summed E-state index contributed by atoms with van der Waals surface area (Å²) in [6, 6.07) is 16.5. The lowest BCUT2D eigenvalue weighted by Crippen LogP contribution is -2.08. The van der Waals surface area contributed by atoms with Crippen molar-refractivity contribution in [1.82, 2.24) is 0 Å². The fourth-order valence-electron chi connectivity index (χ4n) is 2.16. The molecule has 4 nitrogen and oxygen atoms in total. The van der Waals surface area contributed by atoms with E-state index < -0.39 is 5.97 Å². The standard InChI is InChI=1S/C17H12O4/c18-15-10-9-12-13(16(15)19)7-4-8-14(12)17(20)21-11-5-2-1-3-6-11/h1-10,18-19H. The number of phenolic OH excluding ortho intramolecular Hbond substituents is 2. The number of rotatable bonds is 2. The van der Waals surface area contributed by atoms with Crippen LogP contribution in [0.5, 0.6) is 17.2 Å².